The summed E-state index contributed by atoms with van der Waals surface area (Å²) in [5, 5.41) is 5.28. The number of urea groups is 1. The first-order valence-corrected chi connectivity index (χ1v) is 10.9. The first-order chi connectivity index (χ1) is 16.8. The highest BCUT2D eigenvalue weighted by molar-refractivity contribution is 6.39. The van der Waals surface area contributed by atoms with Crippen molar-refractivity contribution in [1.29, 1.82) is 0 Å². The standard InChI is InChI=1S/C26H20ClN3O5/c1-16-7-10-19(14-22(16)27)30-25(33)21(24(32)29-26(30)34)13-17-8-11-20(12-9-17)35-15-23(31)28-18-5-3-2-4-6-18/h2-14H,15H2,1H3,(H,28,31)(H,29,32,34)/b21-13+. The molecule has 0 saturated carbocycles. The Hall–Kier alpha value is -4.43. The van der Waals surface area contributed by atoms with E-state index < -0.39 is 17.8 Å². The highest BCUT2D eigenvalue weighted by Gasteiger charge is 2.36. The Balaban J connectivity index is 1.45. The second-order valence-corrected chi connectivity index (χ2v) is 8.07. The number of hydrogen-bond acceptors (Lipinski definition) is 5. The first kappa shape index (κ1) is 23.7. The molecule has 0 bridgehead atoms. The van der Waals surface area contributed by atoms with Crippen LogP contribution in [0, 0.1) is 6.92 Å². The molecule has 9 heteroatoms. The molecule has 0 aliphatic carbocycles. The minimum atomic E-state index is -0.852. The van der Waals surface area contributed by atoms with E-state index in [9.17, 15) is 19.2 Å². The van der Waals surface area contributed by atoms with Crippen LogP contribution < -0.4 is 20.3 Å². The van der Waals surface area contributed by atoms with Gasteiger partial charge in [-0.15, -0.1) is 0 Å². The molecule has 176 valence electrons. The van der Waals surface area contributed by atoms with Crippen molar-refractivity contribution in [3.63, 3.8) is 0 Å². The molecular weight excluding hydrogens is 470 g/mol. The molecule has 1 fully saturated rings. The Morgan fingerprint density at radius 1 is 1.03 bits per heavy atom. The number of imide groups is 2. The quantitative estimate of drug-likeness (QED) is 0.396. The summed E-state index contributed by atoms with van der Waals surface area (Å²) in [7, 11) is 0. The number of ether oxygens (including phenoxy) is 1. The lowest BCUT2D eigenvalue weighted by Crippen LogP contribution is -2.54. The number of anilines is 2. The smallest absolute Gasteiger partial charge is 0.335 e. The van der Waals surface area contributed by atoms with Gasteiger partial charge in [0.15, 0.2) is 6.61 Å². The number of para-hydroxylation sites is 1. The fourth-order valence-corrected chi connectivity index (χ4v) is 3.48. The van der Waals surface area contributed by atoms with Crippen LogP contribution in [-0.4, -0.2) is 30.4 Å². The number of hydrogen-bond donors (Lipinski definition) is 2. The maximum atomic E-state index is 13.0. The van der Waals surface area contributed by atoms with Crippen LogP contribution >= 0.6 is 11.6 Å². The summed E-state index contributed by atoms with van der Waals surface area (Å²) >= 11 is 6.14. The largest absolute Gasteiger partial charge is 0.484 e. The van der Waals surface area contributed by atoms with Gasteiger partial charge in [-0.2, -0.15) is 0 Å². The molecular formula is C26H20ClN3O5. The Kier molecular flexibility index (Phi) is 6.93. The maximum Gasteiger partial charge on any atom is 0.335 e. The van der Waals surface area contributed by atoms with Crippen molar-refractivity contribution in [2.45, 2.75) is 6.92 Å². The van der Waals surface area contributed by atoms with Crippen LogP contribution in [0.3, 0.4) is 0 Å². The molecule has 8 nitrogen and oxygen atoms in total. The lowest BCUT2D eigenvalue weighted by atomic mass is 10.1. The van der Waals surface area contributed by atoms with Crippen LogP contribution in [0.4, 0.5) is 16.2 Å². The summed E-state index contributed by atoms with van der Waals surface area (Å²) in [5.74, 6) is -1.45. The average Bonchev–Trinajstić information content (AvgIpc) is 2.84. The van der Waals surface area contributed by atoms with Crippen LogP contribution in [0.15, 0.2) is 78.4 Å². The Labute approximate surface area is 206 Å². The molecule has 4 rings (SSSR count). The number of carbonyl (C=O) groups excluding carboxylic acids is 4. The van der Waals surface area contributed by atoms with Crippen molar-refractivity contribution >= 4 is 52.8 Å². The van der Waals surface area contributed by atoms with Gasteiger partial charge in [-0.1, -0.05) is 48.0 Å². The fourth-order valence-electron chi connectivity index (χ4n) is 3.31. The second kappa shape index (κ2) is 10.2. The van der Waals surface area contributed by atoms with Crippen molar-refractivity contribution < 1.29 is 23.9 Å². The summed E-state index contributed by atoms with van der Waals surface area (Å²) in [5.41, 5.74) is 2.02. The van der Waals surface area contributed by atoms with Crippen LogP contribution in [-0.2, 0) is 14.4 Å². The maximum absolute atomic E-state index is 13.0. The zero-order valence-corrected chi connectivity index (χ0v) is 19.3. The molecule has 0 spiro atoms. The summed E-state index contributed by atoms with van der Waals surface area (Å²) in [4.78, 5) is 50.6. The molecule has 35 heavy (non-hydrogen) atoms. The van der Waals surface area contributed by atoms with E-state index in [1.54, 1.807) is 55.5 Å². The topological polar surface area (TPSA) is 105 Å². The highest BCUT2D eigenvalue weighted by Crippen LogP contribution is 2.27. The zero-order valence-electron chi connectivity index (χ0n) is 18.6. The van der Waals surface area contributed by atoms with E-state index >= 15 is 0 Å². The number of benzene rings is 3. The highest BCUT2D eigenvalue weighted by atomic mass is 35.5. The van der Waals surface area contributed by atoms with Crippen molar-refractivity contribution in [3.8, 4) is 5.75 Å². The third-order valence-electron chi connectivity index (χ3n) is 5.13. The molecule has 1 saturated heterocycles. The van der Waals surface area contributed by atoms with Crippen LogP contribution in [0.5, 0.6) is 5.75 Å². The summed E-state index contributed by atoms with van der Waals surface area (Å²) in [6, 6.07) is 19.4. The van der Waals surface area contributed by atoms with Crippen LogP contribution in [0.25, 0.3) is 6.08 Å². The van der Waals surface area contributed by atoms with E-state index in [-0.39, 0.29) is 23.8 Å². The number of carbonyl (C=O) groups is 4. The Morgan fingerprint density at radius 2 is 1.74 bits per heavy atom. The van der Waals surface area contributed by atoms with E-state index in [1.165, 1.54) is 12.1 Å². The summed E-state index contributed by atoms with van der Waals surface area (Å²) in [6.07, 6.45) is 1.37. The molecule has 0 aromatic heterocycles. The summed E-state index contributed by atoms with van der Waals surface area (Å²) in [6.45, 7) is 1.61. The molecule has 1 aliphatic heterocycles. The molecule has 1 heterocycles. The number of nitrogens with zero attached hydrogens (tertiary/aromatic N) is 1. The van der Waals surface area contributed by atoms with Crippen molar-refractivity contribution in [3.05, 3.63) is 94.5 Å². The van der Waals surface area contributed by atoms with Crippen molar-refractivity contribution in [1.82, 2.24) is 5.32 Å². The molecule has 2 N–H and O–H groups in total. The molecule has 3 aromatic carbocycles. The first-order valence-electron chi connectivity index (χ1n) is 10.6. The molecule has 0 atom stereocenters. The van der Waals surface area contributed by atoms with Gasteiger partial charge in [-0.25, -0.2) is 9.69 Å². The number of rotatable bonds is 6. The Morgan fingerprint density at radius 3 is 2.43 bits per heavy atom. The number of barbiturate groups is 1. The third-order valence-corrected chi connectivity index (χ3v) is 5.54. The summed E-state index contributed by atoms with van der Waals surface area (Å²) < 4.78 is 5.49. The minimum absolute atomic E-state index is 0.188. The number of nitrogens with one attached hydrogen (secondary N) is 2. The van der Waals surface area contributed by atoms with Gasteiger partial charge in [0.25, 0.3) is 17.7 Å². The van der Waals surface area contributed by atoms with Gasteiger partial charge in [0, 0.05) is 10.7 Å². The third kappa shape index (κ3) is 5.56. The molecule has 0 radical (unpaired) electrons. The number of amides is 5. The number of halogens is 1. The van der Waals surface area contributed by atoms with Gasteiger partial charge in [0.05, 0.1) is 5.69 Å². The Bertz CT molecular complexity index is 1340. The van der Waals surface area contributed by atoms with Gasteiger partial charge in [0.2, 0.25) is 0 Å². The molecule has 3 aromatic rings. The second-order valence-electron chi connectivity index (χ2n) is 7.66. The predicted molar refractivity (Wildman–Crippen MR) is 132 cm³/mol. The van der Waals surface area contributed by atoms with Gasteiger partial charge in [-0.05, 0) is 60.5 Å². The monoisotopic (exact) mass is 489 g/mol. The van der Waals surface area contributed by atoms with Gasteiger partial charge in [0.1, 0.15) is 11.3 Å². The van der Waals surface area contributed by atoms with E-state index in [1.807, 2.05) is 18.2 Å². The lowest BCUT2D eigenvalue weighted by Gasteiger charge is -2.26. The van der Waals surface area contributed by atoms with E-state index in [0.29, 0.717) is 22.0 Å². The van der Waals surface area contributed by atoms with E-state index in [2.05, 4.69) is 10.6 Å². The van der Waals surface area contributed by atoms with E-state index in [0.717, 1.165) is 10.5 Å². The van der Waals surface area contributed by atoms with Crippen LogP contribution in [0.2, 0.25) is 5.02 Å². The van der Waals surface area contributed by atoms with Crippen molar-refractivity contribution in [2.75, 3.05) is 16.8 Å². The van der Waals surface area contributed by atoms with Gasteiger partial charge >= 0.3 is 6.03 Å². The SMILES string of the molecule is Cc1ccc(N2C(=O)NC(=O)/C(=C\c3ccc(OCC(=O)Nc4ccccc4)cc3)C2=O)cc1Cl. The number of aryl methyl sites for hydroxylation is 1. The van der Waals surface area contributed by atoms with Gasteiger partial charge in [-0.3, -0.25) is 19.7 Å². The minimum Gasteiger partial charge on any atom is -0.484 e. The average molecular weight is 490 g/mol. The van der Waals surface area contributed by atoms with Crippen LogP contribution in [0.1, 0.15) is 11.1 Å². The molecule has 1 aliphatic rings. The lowest BCUT2D eigenvalue weighted by molar-refractivity contribution is -0.122. The fraction of sp³-hybridized carbons (Fsp3) is 0.0769. The van der Waals surface area contributed by atoms with Gasteiger partial charge < -0.3 is 10.1 Å². The molecule has 0 unspecified atom stereocenters. The van der Waals surface area contributed by atoms with Crippen molar-refractivity contribution in [2.24, 2.45) is 0 Å². The zero-order chi connectivity index (χ0) is 24.9. The molecule has 5 amide bonds. The normalized spacial score (nSPS) is 14.6. The van der Waals surface area contributed by atoms with E-state index in [4.69, 9.17) is 16.3 Å². The predicted octanol–water partition coefficient (Wildman–Crippen LogP) is 4.33.